The molecule has 0 radical (unpaired) electrons. The summed E-state index contributed by atoms with van der Waals surface area (Å²) in [7, 11) is 0. The second-order valence-electron chi connectivity index (χ2n) is 8.28. The van der Waals surface area contributed by atoms with Crippen molar-refractivity contribution in [3.05, 3.63) is 89.1 Å². The summed E-state index contributed by atoms with van der Waals surface area (Å²) in [5, 5.41) is 1.22. The Morgan fingerprint density at radius 3 is 2.73 bits per heavy atom. The average molecular weight is 440 g/mol. The number of aromatic amines is 1. The number of para-hydroxylation sites is 1. The first kappa shape index (κ1) is 19.7. The summed E-state index contributed by atoms with van der Waals surface area (Å²) in [6, 6.07) is 21.5. The molecule has 0 aliphatic carbocycles. The smallest absolute Gasteiger partial charge is 0.254 e. The van der Waals surface area contributed by atoms with Gasteiger partial charge in [-0.25, -0.2) is 0 Å². The van der Waals surface area contributed by atoms with Crippen molar-refractivity contribution in [3.63, 3.8) is 0 Å². The molecule has 0 unspecified atom stereocenters. The van der Waals surface area contributed by atoms with Gasteiger partial charge in [0.1, 0.15) is 5.75 Å². The van der Waals surface area contributed by atoms with Gasteiger partial charge in [-0.15, -0.1) is 0 Å². The SMILES string of the molecule is CCOc1ccc([C@@H]2c3[nH]c4ccccc4c3CCN2C(=O)c2ccc3c(c2)OCO3)cc1. The fourth-order valence-electron chi connectivity index (χ4n) is 4.91. The van der Waals surface area contributed by atoms with Crippen molar-refractivity contribution in [1.29, 1.82) is 0 Å². The molecule has 166 valence electrons. The minimum absolute atomic E-state index is 0.0310. The van der Waals surface area contributed by atoms with E-state index in [1.165, 1.54) is 10.9 Å². The Morgan fingerprint density at radius 1 is 1.06 bits per heavy atom. The van der Waals surface area contributed by atoms with Crippen molar-refractivity contribution in [3.8, 4) is 17.2 Å². The van der Waals surface area contributed by atoms with Crippen molar-refractivity contribution < 1.29 is 19.0 Å². The summed E-state index contributed by atoms with van der Waals surface area (Å²) in [5.41, 5.74) is 5.07. The third-order valence-electron chi connectivity index (χ3n) is 6.42. The molecule has 0 saturated heterocycles. The van der Waals surface area contributed by atoms with Crippen LogP contribution in [0.5, 0.6) is 17.2 Å². The summed E-state index contributed by atoms with van der Waals surface area (Å²) in [6.45, 7) is 3.39. The quantitative estimate of drug-likeness (QED) is 0.481. The van der Waals surface area contributed by atoms with Gasteiger partial charge >= 0.3 is 0 Å². The van der Waals surface area contributed by atoms with Gasteiger partial charge in [0.15, 0.2) is 11.5 Å². The van der Waals surface area contributed by atoms with E-state index in [9.17, 15) is 4.79 Å². The van der Waals surface area contributed by atoms with Crippen molar-refractivity contribution in [2.45, 2.75) is 19.4 Å². The van der Waals surface area contributed by atoms with Crippen molar-refractivity contribution in [2.24, 2.45) is 0 Å². The molecule has 0 bridgehead atoms. The maximum absolute atomic E-state index is 13.8. The van der Waals surface area contributed by atoms with Gasteiger partial charge in [0.25, 0.3) is 5.91 Å². The van der Waals surface area contributed by atoms with Crippen LogP contribution in [-0.2, 0) is 6.42 Å². The Balaban J connectivity index is 1.45. The fourth-order valence-corrected chi connectivity index (χ4v) is 4.91. The van der Waals surface area contributed by atoms with Gasteiger partial charge in [0.05, 0.1) is 12.6 Å². The highest BCUT2D eigenvalue weighted by molar-refractivity contribution is 5.96. The molecule has 4 aromatic rings. The predicted molar refractivity (Wildman–Crippen MR) is 125 cm³/mol. The van der Waals surface area contributed by atoms with Gasteiger partial charge in [-0.05, 0) is 60.9 Å². The number of benzene rings is 3. The van der Waals surface area contributed by atoms with E-state index in [0.29, 0.717) is 30.2 Å². The second-order valence-corrected chi connectivity index (χ2v) is 8.28. The normalized spacial score (nSPS) is 16.6. The number of amides is 1. The summed E-state index contributed by atoms with van der Waals surface area (Å²) in [4.78, 5) is 19.3. The molecule has 6 rings (SSSR count). The number of ether oxygens (including phenoxy) is 3. The number of nitrogens with one attached hydrogen (secondary N) is 1. The Hall–Kier alpha value is -3.93. The van der Waals surface area contributed by atoms with Crippen LogP contribution >= 0.6 is 0 Å². The molecule has 6 nitrogen and oxygen atoms in total. The van der Waals surface area contributed by atoms with Gasteiger partial charge in [-0.3, -0.25) is 4.79 Å². The molecule has 2 aliphatic rings. The molecular formula is C27H24N2O4. The minimum atomic E-state index is -0.227. The number of rotatable bonds is 4. The average Bonchev–Trinajstić information content (AvgIpc) is 3.47. The zero-order valence-corrected chi connectivity index (χ0v) is 18.3. The molecule has 33 heavy (non-hydrogen) atoms. The van der Waals surface area contributed by atoms with Crippen LogP contribution in [-0.4, -0.2) is 35.7 Å². The van der Waals surface area contributed by atoms with Crippen LogP contribution in [0.1, 0.15) is 40.1 Å². The van der Waals surface area contributed by atoms with Crippen LogP contribution in [0.3, 0.4) is 0 Å². The minimum Gasteiger partial charge on any atom is -0.494 e. The van der Waals surface area contributed by atoms with Crippen LogP contribution in [0, 0.1) is 0 Å². The number of hydrogen-bond donors (Lipinski definition) is 1. The number of H-pyrrole nitrogens is 1. The molecule has 3 heterocycles. The lowest BCUT2D eigenvalue weighted by atomic mass is 9.91. The first-order chi connectivity index (χ1) is 16.2. The Kier molecular flexibility index (Phi) is 4.72. The van der Waals surface area contributed by atoms with E-state index in [4.69, 9.17) is 14.2 Å². The van der Waals surface area contributed by atoms with Gasteiger partial charge in [-0.2, -0.15) is 0 Å². The second kappa shape index (κ2) is 7.89. The van der Waals surface area contributed by atoms with E-state index >= 15 is 0 Å². The number of hydrogen-bond acceptors (Lipinski definition) is 4. The van der Waals surface area contributed by atoms with Gasteiger partial charge in [-0.1, -0.05) is 30.3 Å². The number of carbonyl (C=O) groups excluding carboxylic acids is 1. The van der Waals surface area contributed by atoms with E-state index < -0.39 is 0 Å². The molecular weight excluding hydrogens is 416 g/mol. The van der Waals surface area contributed by atoms with Crippen LogP contribution in [0.15, 0.2) is 66.7 Å². The Morgan fingerprint density at radius 2 is 1.88 bits per heavy atom. The predicted octanol–water partition coefficient (Wildman–Crippen LogP) is 5.08. The van der Waals surface area contributed by atoms with Crippen molar-refractivity contribution in [1.82, 2.24) is 9.88 Å². The Bertz CT molecular complexity index is 1340. The van der Waals surface area contributed by atoms with E-state index in [0.717, 1.165) is 28.9 Å². The third-order valence-corrected chi connectivity index (χ3v) is 6.42. The van der Waals surface area contributed by atoms with Crippen LogP contribution in [0.25, 0.3) is 10.9 Å². The van der Waals surface area contributed by atoms with Gasteiger partial charge in [0, 0.05) is 28.7 Å². The van der Waals surface area contributed by atoms with E-state index in [1.807, 2.05) is 36.1 Å². The zero-order valence-electron chi connectivity index (χ0n) is 18.3. The standard InChI is InChI=1S/C27H24N2O4/c1-2-31-19-10-7-17(8-11-19)26-25-21(20-5-3-4-6-22(20)28-25)13-14-29(26)27(30)18-9-12-23-24(15-18)33-16-32-23/h3-12,15,26,28H,2,13-14,16H2,1H3/t26-/m1/s1. The van der Waals surface area contributed by atoms with Crippen molar-refractivity contribution >= 4 is 16.8 Å². The van der Waals surface area contributed by atoms with Gasteiger partial charge < -0.3 is 24.1 Å². The van der Waals surface area contributed by atoms with Crippen LogP contribution < -0.4 is 14.2 Å². The lowest BCUT2D eigenvalue weighted by Crippen LogP contribution is -2.40. The lowest BCUT2D eigenvalue weighted by molar-refractivity contribution is 0.0691. The molecule has 1 N–H and O–H groups in total. The van der Waals surface area contributed by atoms with Gasteiger partial charge in [0.2, 0.25) is 6.79 Å². The number of aromatic nitrogens is 1. The summed E-state index contributed by atoms with van der Waals surface area (Å²) in [6.07, 6.45) is 0.795. The topological polar surface area (TPSA) is 63.8 Å². The van der Waals surface area contributed by atoms with E-state index in [-0.39, 0.29) is 18.7 Å². The third kappa shape index (κ3) is 3.30. The molecule has 1 aromatic heterocycles. The number of carbonyl (C=O) groups is 1. The zero-order chi connectivity index (χ0) is 22.4. The first-order valence-electron chi connectivity index (χ1n) is 11.3. The highest BCUT2D eigenvalue weighted by Crippen LogP contribution is 2.40. The maximum atomic E-state index is 13.8. The molecule has 2 aliphatic heterocycles. The molecule has 6 heteroatoms. The molecule has 1 atom stereocenters. The highest BCUT2D eigenvalue weighted by atomic mass is 16.7. The summed E-state index contributed by atoms with van der Waals surface area (Å²) >= 11 is 0. The Labute approximate surface area is 191 Å². The van der Waals surface area contributed by atoms with E-state index in [1.54, 1.807) is 12.1 Å². The lowest BCUT2D eigenvalue weighted by Gasteiger charge is -2.36. The fraction of sp³-hybridized carbons (Fsp3) is 0.222. The van der Waals surface area contributed by atoms with Crippen LogP contribution in [0.2, 0.25) is 0 Å². The van der Waals surface area contributed by atoms with Crippen molar-refractivity contribution in [2.75, 3.05) is 19.9 Å². The van der Waals surface area contributed by atoms with Crippen LogP contribution in [0.4, 0.5) is 0 Å². The molecule has 1 amide bonds. The largest absolute Gasteiger partial charge is 0.494 e. The molecule has 0 spiro atoms. The molecule has 0 saturated carbocycles. The van der Waals surface area contributed by atoms with E-state index in [2.05, 4.69) is 35.3 Å². The molecule has 0 fully saturated rings. The highest BCUT2D eigenvalue weighted by Gasteiger charge is 2.35. The number of fused-ring (bicyclic) bond motifs is 4. The first-order valence-corrected chi connectivity index (χ1v) is 11.3. The molecule has 3 aromatic carbocycles. The summed E-state index contributed by atoms with van der Waals surface area (Å²) in [5.74, 6) is 2.08. The number of nitrogens with zero attached hydrogens (tertiary/aromatic N) is 1. The maximum Gasteiger partial charge on any atom is 0.254 e. The monoisotopic (exact) mass is 440 g/mol. The summed E-state index contributed by atoms with van der Waals surface area (Å²) < 4.78 is 16.6.